The van der Waals surface area contributed by atoms with Gasteiger partial charge in [0.1, 0.15) is 0 Å². The van der Waals surface area contributed by atoms with Crippen LogP contribution in [0.15, 0.2) is 24.3 Å². The zero-order chi connectivity index (χ0) is 13.1. The molecule has 1 aromatic carbocycles. The summed E-state index contributed by atoms with van der Waals surface area (Å²) in [6.45, 7) is 2.48. The molecule has 1 aromatic rings. The molecular formula is C14H17NO3. The average molecular weight is 247 g/mol. The van der Waals surface area contributed by atoms with Gasteiger partial charge >= 0.3 is 0 Å². The van der Waals surface area contributed by atoms with E-state index < -0.39 is 0 Å². The Hall–Kier alpha value is -1.68. The molecule has 0 saturated heterocycles. The topological polar surface area (TPSA) is 57.6 Å². The molecule has 2 amide bonds. The summed E-state index contributed by atoms with van der Waals surface area (Å²) in [6, 6.07) is 6.89. The second-order valence-corrected chi connectivity index (χ2v) is 4.55. The summed E-state index contributed by atoms with van der Waals surface area (Å²) in [4.78, 5) is 25.5. The van der Waals surface area contributed by atoms with Crippen LogP contribution in [0.1, 0.15) is 40.5 Å². The monoisotopic (exact) mass is 247 g/mol. The number of carbonyl (C=O) groups excluding carboxylic acids is 2. The van der Waals surface area contributed by atoms with Gasteiger partial charge in [-0.1, -0.05) is 25.5 Å². The van der Waals surface area contributed by atoms with Gasteiger partial charge in [0.2, 0.25) is 0 Å². The Morgan fingerprint density at radius 3 is 2.17 bits per heavy atom. The highest BCUT2D eigenvalue weighted by atomic mass is 16.3. The standard InChI is InChI=1S/C14H17NO3/c1-2-10(7-8-16)9-15-13(17)11-5-3-4-6-12(11)14(15)18/h3-6,10,16H,2,7-9H2,1H3. The van der Waals surface area contributed by atoms with Gasteiger partial charge < -0.3 is 5.11 Å². The number of benzene rings is 1. The summed E-state index contributed by atoms with van der Waals surface area (Å²) < 4.78 is 0. The quantitative estimate of drug-likeness (QED) is 0.805. The van der Waals surface area contributed by atoms with E-state index in [9.17, 15) is 9.59 Å². The Labute approximate surface area is 106 Å². The van der Waals surface area contributed by atoms with Gasteiger partial charge in [-0.3, -0.25) is 14.5 Å². The molecule has 1 heterocycles. The van der Waals surface area contributed by atoms with Crippen molar-refractivity contribution in [2.75, 3.05) is 13.2 Å². The fourth-order valence-electron chi connectivity index (χ4n) is 2.27. The van der Waals surface area contributed by atoms with E-state index >= 15 is 0 Å². The number of carbonyl (C=O) groups is 2. The first-order valence-corrected chi connectivity index (χ1v) is 6.25. The van der Waals surface area contributed by atoms with Crippen LogP contribution >= 0.6 is 0 Å². The maximum absolute atomic E-state index is 12.1. The molecule has 0 radical (unpaired) electrons. The van der Waals surface area contributed by atoms with Crippen molar-refractivity contribution in [3.8, 4) is 0 Å². The summed E-state index contributed by atoms with van der Waals surface area (Å²) in [5.41, 5.74) is 0.975. The lowest BCUT2D eigenvalue weighted by molar-refractivity contribution is 0.0618. The highest BCUT2D eigenvalue weighted by molar-refractivity contribution is 6.21. The SMILES string of the molecule is CCC(CCO)CN1C(=O)c2ccccc2C1=O. The molecule has 1 aliphatic rings. The molecule has 1 aliphatic heterocycles. The van der Waals surface area contributed by atoms with E-state index in [-0.39, 0.29) is 24.3 Å². The van der Waals surface area contributed by atoms with E-state index in [4.69, 9.17) is 5.11 Å². The zero-order valence-corrected chi connectivity index (χ0v) is 10.4. The van der Waals surface area contributed by atoms with Crippen LogP contribution in [0.4, 0.5) is 0 Å². The van der Waals surface area contributed by atoms with Crippen molar-refractivity contribution in [1.82, 2.24) is 4.90 Å². The first kappa shape index (κ1) is 12.8. The second-order valence-electron chi connectivity index (χ2n) is 4.55. The van der Waals surface area contributed by atoms with E-state index in [1.807, 2.05) is 6.92 Å². The number of fused-ring (bicyclic) bond motifs is 1. The Bertz CT molecular complexity index is 435. The summed E-state index contributed by atoms with van der Waals surface area (Å²) in [5.74, 6) is -0.267. The minimum atomic E-state index is -0.216. The van der Waals surface area contributed by atoms with Gasteiger partial charge in [-0.2, -0.15) is 0 Å². The van der Waals surface area contributed by atoms with E-state index in [1.54, 1.807) is 24.3 Å². The van der Waals surface area contributed by atoms with Gasteiger partial charge in [0.15, 0.2) is 0 Å². The lowest BCUT2D eigenvalue weighted by Gasteiger charge is -2.20. The first-order chi connectivity index (χ1) is 8.69. The molecule has 1 N–H and O–H groups in total. The van der Waals surface area contributed by atoms with Crippen molar-refractivity contribution in [2.45, 2.75) is 19.8 Å². The Morgan fingerprint density at radius 2 is 1.72 bits per heavy atom. The fourth-order valence-corrected chi connectivity index (χ4v) is 2.27. The highest BCUT2D eigenvalue weighted by Gasteiger charge is 2.35. The van der Waals surface area contributed by atoms with Gasteiger partial charge in [0.25, 0.3) is 11.8 Å². The van der Waals surface area contributed by atoms with Crippen molar-refractivity contribution in [3.63, 3.8) is 0 Å². The van der Waals surface area contributed by atoms with Crippen LogP contribution in [0.25, 0.3) is 0 Å². The van der Waals surface area contributed by atoms with Crippen molar-refractivity contribution in [1.29, 1.82) is 0 Å². The highest BCUT2D eigenvalue weighted by Crippen LogP contribution is 2.24. The molecule has 1 atom stereocenters. The van der Waals surface area contributed by atoms with Crippen molar-refractivity contribution in [3.05, 3.63) is 35.4 Å². The van der Waals surface area contributed by atoms with Crippen LogP contribution in [0, 0.1) is 5.92 Å². The number of rotatable bonds is 5. The number of aliphatic hydroxyl groups excluding tert-OH is 1. The van der Waals surface area contributed by atoms with Crippen LogP contribution in [0.3, 0.4) is 0 Å². The largest absolute Gasteiger partial charge is 0.396 e. The number of amides is 2. The molecule has 2 rings (SSSR count). The number of imide groups is 1. The third-order valence-corrected chi connectivity index (χ3v) is 3.43. The molecule has 4 nitrogen and oxygen atoms in total. The van der Waals surface area contributed by atoms with Crippen LogP contribution < -0.4 is 0 Å². The third kappa shape index (κ3) is 2.16. The van der Waals surface area contributed by atoms with Gasteiger partial charge in [0, 0.05) is 13.2 Å². The van der Waals surface area contributed by atoms with Crippen molar-refractivity contribution < 1.29 is 14.7 Å². The summed E-state index contributed by atoms with van der Waals surface area (Å²) in [7, 11) is 0. The predicted octanol–water partition coefficient (Wildman–Crippen LogP) is 1.69. The third-order valence-electron chi connectivity index (χ3n) is 3.43. The van der Waals surface area contributed by atoms with Crippen LogP contribution in [0.2, 0.25) is 0 Å². The van der Waals surface area contributed by atoms with Crippen LogP contribution in [-0.4, -0.2) is 35.0 Å². The van der Waals surface area contributed by atoms with E-state index in [1.165, 1.54) is 4.90 Å². The smallest absolute Gasteiger partial charge is 0.261 e. The molecule has 96 valence electrons. The Balaban J connectivity index is 2.18. The summed E-state index contributed by atoms with van der Waals surface area (Å²) >= 11 is 0. The summed E-state index contributed by atoms with van der Waals surface area (Å²) in [5, 5.41) is 8.96. The molecule has 1 unspecified atom stereocenters. The molecule has 4 heteroatoms. The normalized spacial score (nSPS) is 16.0. The number of hydrogen-bond acceptors (Lipinski definition) is 3. The summed E-state index contributed by atoms with van der Waals surface area (Å²) in [6.07, 6.45) is 1.46. The van der Waals surface area contributed by atoms with E-state index in [0.717, 1.165) is 6.42 Å². The number of hydrogen-bond donors (Lipinski definition) is 1. The van der Waals surface area contributed by atoms with Crippen molar-refractivity contribution in [2.24, 2.45) is 5.92 Å². The predicted molar refractivity (Wildman–Crippen MR) is 67.3 cm³/mol. The Kier molecular flexibility index (Phi) is 3.77. The fraction of sp³-hybridized carbons (Fsp3) is 0.429. The van der Waals surface area contributed by atoms with Gasteiger partial charge in [-0.25, -0.2) is 0 Å². The molecule has 18 heavy (non-hydrogen) atoms. The number of nitrogens with zero attached hydrogens (tertiary/aromatic N) is 1. The minimum absolute atomic E-state index is 0.0850. The molecule has 0 fully saturated rings. The molecule has 0 bridgehead atoms. The number of aliphatic hydroxyl groups is 1. The molecule has 0 aliphatic carbocycles. The van der Waals surface area contributed by atoms with Gasteiger partial charge in [-0.15, -0.1) is 0 Å². The van der Waals surface area contributed by atoms with Crippen molar-refractivity contribution >= 4 is 11.8 Å². The second kappa shape index (κ2) is 5.31. The van der Waals surface area contributed by atoms with E-state index in [0.29, 0.717) is 24.1 Å². The molecule has 0 saturated carbocycles. The minimum Gasteiger partial charge on any atom is -0.396 e. The van der Waals surface area contributed by atoms with Gasteiger partial charge in [0.05, 0.1) is 11.1 Å². The first-order valence-electron chi connectivity index (χ1n) is 6.25. The Morgan fingerprint density at radius 1 is 1.17 bits per heavy atom. The van der Waals surface area contributed by atoms with E-state index in [2.05, 4.69) is 0 Å². The van der Waals surface area contributed by atoms with Gasteiger partial charge in [-0.05, 0) is 24.5 Å². The molecular weight excluding hydrogens is 230 g/mol. The molecule has 0 spiro atoms. The van der Waals surface area contributed by atoms with Crippen LogP contribution in [-0.2, 0) is 0 Å². The lowest BCUT2D eigenvalue weighted by atomic mass is 10.0. The average Bonchev–Trinajstić information content (AvgIpc) is 2.64. The maximum atomic E-state index is 12.1. The maximum Gasteiger partial charge on any atom is 0.261 e. The zero-order valence-electron chi connectivity index (χ0n) is 10.4. The van der Waals surface area contributed by atoms with Crippen LogP contribution in [0.5, 0.6) is 0 Å². The molecule has 0 aromatic heterocycles. The lowest BCUT2D eigenvalue weighted by Crippen LogP contribution is -2.34.